The number of carbonyl (C=O) groups is 1. The van der Waals surface area contributed by atoms with Gasteiger partial charge in [0.15, 0.2) is 0 Å². The molecule has 2 aromatic carbocycles. The molecule has 6 heteroatoms. The average molecular weight is 365 g/mol. The summed E-state index contributed by atoms with van der Waals surface area (Å²) in [5, 5.41) is 0. The van der Waals surface area contributed by atoms with Crippen molar-refractivity contribution >= 4 is 33.2 Å². The van der Waals surface area contributed by atoms with Gasteiger partial charge in [0.05, 0.1) is 11.4 Å². The molecule has 1 atom stereocenters. The van der Waals surface area contributed by atoms with Crippen molar-refractivity contribution < 1.29 is 13.6 Å². The van der Waals surface area contributed by atoms with E-state index in [-0.39, 0.29) is 5.71 Å². The summed E-state index contributed by atoms with van der Waals surface area (Å²) >= 11 is 3.34. The number of amides is 1. The van der Waals surface area contributed by atoms with Crippen molar-refractivity contribution in [1.29, 1.82) is 0 Å². The van der Waals surface area contributed by atoms with Crippen molar-refractivity contribution in [2.75, 3.05) is 11.9 Å². The van der Waals surface area contributed by atoms with Gasteiger partial charge in [-0.25, -0.2) is 13.8 Å². The molecule has 1 aliphatic heterocycles. The van der Waals surface area contributed by atoms with Crippen molar-refractivity contribution in [1.82, 2.24) is 0 Å². The van der Waals surface area contributed by atoms with Gasteiger partial charge in [0, 0.05) is 22.6 Å². The van der Waals surface area contributed by atoms with Crippen molar-refractivity contribution in [2.24, 2.45) is 4.99 Å². The fourth-order valence-electron chi connectivity index (χ4n) is 2.37. The molecule has 1 aliphatic rings. The molecule has 0 spiro atoms. The predicted molar refractivity (Wildman–Crippen MR) is 84.5 cm³/mol. The van der Waals surface area contributed by atoms with Gasteiger partial charge in [-0.3, -0.25) is 4.79 Å². The molecule has 0 aromatic heterocycles. The molecule has 1 amide bonds. The SMILES string of the molecule is CN1C(=O)C(F)N=C(c2cccc(Br)c2)c2cc(F)ccc21. The van der Waals surface area contributed by atoms with Crippen LogP contribution >= 0.6 is 15.9 Å². The Morgan fingerprint density at radius 3 is 2.73 bits per heavy atom. The van der Waals surface area contributed by atoms with E-state index in [1.54, 1.807) is 18.2 Å². The van der Waals surface area contributed by atoms with E-state index in [0.29, 0.717) is 16.8 Å². The summed E-state index contributed by atoms with van der Waals surface area (Å²) in [5.41, 5.74) is 1.66. The van der Waals surface area contributed by atoms with E-state index in [0.717, 1.165) is 9.37 Å². The van der Waals surface area contributed by atoms with Crippen LogP contribution in [0.1, 0.15) is 11.1 Å². The van der Waals surface area contributed by atoms with Gasteiger partial charge in [0.1, 0.15) is 5.82 Å². The molecule has 0 N–H and O–H groups in total. The smallest absolute Gasteiger partial charge is 0.284 e. The third kappa shape index (κ3) is 2.54. The number of halogens is 3. The molecule has 0 bridgehead atoms. The molecular formula is C16H11BrF2N2O. The molecule has 0 radical (unpaired) electrons. The highest BCUT2D eigenvalue weighted by molar-refractivity contribution is 9.10. The number of benzodiazepines with no additional fused rings is 1. The van der Waals surface area contributed by atoms with Crippen LogP contribution in [0.2, 0.25) is 0 Å². The molecule has 2 aromatic rings. The lowest BCUT2D eigenvalue weighted by Gasteiger charge is -2.18. The Balaban J connectivity index is 2.28. The van der Waals surface area contributed by atoms with Crippen LogP contribution in [0.3, 0.4) is 0 Å². The maximum Gasteiger partial charge on any atom is 0.284 e. The normalized spacial score (nSPS) is 17.8. The molecule has 1 unspecified atom stereocenters. The van der Waals surface area contributed by atoms with Crippen LogP contribution in [0.25, 0.3) is 0 Å². The van der Waals surface area contributed by atoms with E-state index in [4.69, 9.17) is 0 Å². The standard InChI is InChI=1S/C16H11BrF2N2O/c1-21-13-6-5-11(18)8-12(13)14(20-15(19)16(21)22)9-3-2-4-10(17)7-9/h2-8,15H,1H3. The highest BCUT2D eigenvalue weighted by atomic mass is 79.9. The van der Waals surface area contributed by atoms with Crippen LogP contribution in [0.5, 0.6) is 0 Å². The Hall–Kier alpha value is -2.08. The van der Waals surface area contributed by atoms with Crippen molar-refractivity contribution in [3.63, 3.8) is 0 Å². The molecular weight excluding hydrogens is 354 g/mol. The second kappa shape index (κ2) is 5.61. The van der Waals surface area contributed by atoms with E-state index < -0.39 is 18.0 Å². The first-order valence-electron chi connectivity index (χ1n) is 6.52. The summed E-state index contributed by atoms with van der Waals surface area (Å²) in [6.45, 7) is 0. The van der Waals surface area contributed by atoms with Crippen LogP contribution in [0, 0.1) is 5.82 Å². The summed E-state index contributed by atoms with van der Waals surface area (Å²) in [6, 6.07) is 11.0. The van der Waals surface area contributed by atoms with Crippen LogP contribution in [-0.2, 0) is 4.79 Å². The van der Waals surface area contributed by atoms with Gasteiger partial charge in [-0.05, 0) is 30.3 Å². The number of benzene rings is 2. The van der Waals surface area contributed by atoms with E-state index >= 15 is 0 Å². The topological polar surface area (TPSA) is 32.7 Å². The van der Waals surface area contributed by atoms with E-state index in [2.05, 4.69) is 20.9 Å². The summed E-state index contributed by atoms with van der Waals surface area (Å²) in [5.74, 6) is -1.25. The number of anilines is 1. The molecule has 3 rings (SSSR count). The second-order valence-corrected chi connectivity index (χ2v) is 5.80. The second-order valence-electron chi connectivity index (χ2n) is 4.88. The van der Waals surface area contributed by atoms with Crippen molar-refractivity contribution in [2.45, 2.75) is 6.30 Å². The minimum Gasteiger partial charge on any atom is -0.311 e. The van der Waals surface area contributed by atoms with E-state index in [9.17, 15) is 13.6 Å². The van der Waals surface area contributed by atoms with Gasteiger partial charge in [0.25, 0.3) is 12.2 Å². The minimum atomic E-state index is -2.02. The molecule has 0 saturated carbocycles. The number of alkyl halides is 1. The lowest BCUT2D eigenvalue weighted by molar-refractivity contribution is -0.122. The highest BCUT2D eigenvalue weighted by Gasteiger charge is 2.30. The Morgan fingerprint density at radius 1 is 1.23 bits per heavy atom. The van der Waals surface area contributed by atoms with Gasteiger partial charge in [-0.2, -0.15) is 0 Å². The Labute approximate surface area is 134 Å². The lowest BCUT2D eigenvalue weighted by atomic mass is 10.00. The number of likely N-dealkylation sites (N-methyl/N-ethyl adjacent to an activating group) is 1. The fraction of sp³-hybridized carbons (Fsp3) is 0.125. The quantitative estimate of drug-likeness (QED) is 0.710. The fourth-order valence-corrected chi connectivity index (χ4v) is 2.77. The number of fused-ring (bicyclic) bond motifs is 1. The van der Waals surface area contributed by atoms with Crippen LogP contribution in [0.15, 0.2) is 51.9 Å². The first kappa shape index (κ1) is 14.8. The number of aliphatic imine (C=N–C) groups is 1. The summed E-state index contributed by atoms with van der Waals surface area (Å²) in [6.07, 6.45) is -2.02. The number of hydrogen-bond donors (Lipinski definition) is 0. The summed E-state index contributed by atoms with van der Waals surface area (Å²) in [4.78, 5) is 17.0. The van der Waals surface area contributed by atoms with E-state index in [1.807, 2.05) is 6.07 Å². The third-order valence-electron chi connectivity index (χ3n) is 3.45. The molecule has 1 heterocycles. The zero-order valence-electron chi connectivity index (χ0n) is 11.6. The van der Waals surface area contributed by atoms with Crippen LogP contribution in [0.4, 0.5) is 14.5 Å². The minimum absolute atomic E-state index is 0.251. The molecule has 3 nitrogen and oxygen atoms in total. The molecule has 112 valence electrons. The largest absolute Gasteiger partial charge is 0.311 e. The van der Waals surface area contributed by atoms with Gasteiger partial charge in [0.2, 0.25) is 0 Å². The molecule has 0 fully saturated rings. The predicted octanol–water partition coefficient (Wildman–Crippen LogP) is 3.70. The maximum atomic E-state index is 14.1. The van der Waals surface area contributed by atoms with Crippen molar-refractivity contribution in [3.05, 3.63) is 63.9 Å². The highest BCUT2D eigenvalue weighted by Crippen LogP contribution is 2.29. The number of nitrogens with zero attached hydrogens (tertiary/aromatic N) is 2. The van der Waals surface area contributed by atoms with Crippen LogP contribution in [-0.4, -0.2) is 25.0 Å². The zero-order chi connectivity index (χ0) is 15.9. The third-order valence-corrected chi connectivity index (χ3v) is 3.94. The number of hydrogen-bond acceptors (Lipinski definition) is 2. The molecule has 22 heavy (non-hydrogen) atoms. The molecule has 0 saturated heterocycles. The lowest BCUT2D eigenvalue weighted by Crippen LogP contribution is -2.32. The van der Waals surface area contributed by atoms with Gasteiger partial charge < -0.3 is 4.90 Å². The number of rotatable bonds is 1. The monoisotopic (exact) mass is 364 g/mol. The number of carbonyl (C=O) groups excluding carboxylic acids is 1. The van der Waals surface area contributed by atoms with Crippen molar-refractivity contribution in [3.8, 4) is 0 Å². The van der Waals surface area contributed by atoms with Gasteiger partial charge in [-0.15, -0.1) is 0 Å². The Bertz CT molecular complexity index is 791. The summed E-state index contributed by atoms with van der Waals surface area (Å²) < 4.78 is 28.5. The zero-order valence-corrected chi connectivity index (χ0v) is 13.1. The Kier molecular flexibility index (Phi) is 3.78. The Morgan fingerprint density at radius 2 is 2.00 bits per heavy atom. The molecule has 0 aliphatic carbocycles. The van der Waals surface area contributed by atoms with Gasteiger partial charge >= 0.3 is 0 Å². The summed E-state index contributed by atoms with van der Waals surface area (Å²) in [7, 11) is 1.45. The van der Waals surface area contributed by atoms with Gasteiger partial charge in [-0.1, -0.05) is 28.1 Å². The van der Waals surface area contributed by atoms with Crippen LogP contribution < -0.4 is 4.90 Å². The van der Waals surface area contributed by atoms with E-state index in [1.165, 1.54) is 25.2 Å². The maximum absolute atomic E-state index is 14.1. The first-order valence-corrected chi connectivity index (χ1v) is 7.32. The first-order chi connectivity index (χ1) is 10.5. The average Bonchev–Trinajstić information content (AvgIpc) is 2.58.